The zero-order valence-electron chi connectivity index (χ0n) is 30.9. The number of benzene rings is 2. The number of rotatable bonds is 11. The fraction of sp³-hybridized carbons (Fsp3) is 0.550. The third-order valence-corrected chi connectivity index (χ3v) is 13.4. The average Bonchev–Trinajstić information content (AvgIpc) is 3.20. The molecular weight excluding hydrogens is 686 g/mol. The first kappa shape index (κ1) is 38.9. The van der Waals surface area contributed by atoms with Crippen LogP contribution in [-0.2, 0) is 31.2 Å². The first-order valence-electron chi connectivity index (χ1n) is 18.0. The predicted octanol–water partition coefficient (Wildman–Crippen LogP) is 8.69. The van der Waals surface area contributed by atoms with Crippen molar-refractivity contribution >= 4 is 39.2 Å². The topological polar surface area (TPSA) is 107 Å². The number of fused-ring (bicyclic) bond motifs is 3. The number of anilines is 1. The lowest BCUT2D eigenvalue weighted by molar-refractivity contribution is 0.0135. The molecule has 0 aromatic heterocycles. The van der Waals surface area contributed by atoms with Gasteiger partial charge in [-0.15, -0.1) is 17.5 Å². The molecule has 7 atom stereocenters. The first-order valence-corrected chi connectivity index (χ1v) is 20.0. The van der Waals surface area contributed by atoms with E-state index >= 15 is 0 Å². The summed E-state index contributed by atoms with van der Waals surface area (Å²) >= 11 is 6.45. The van der Waals surface area contributed by atoms with Gasteiger partial charge in [0, 0.05) is 36.2 Å². The van der Waals surface area contributed by atoms with Crippen molar-refractivity contribution in [1.29, 1.82) is 0 Å². The van der Waals surface area contributed by atoms with Gasteiger partial charge in [0.05, 0.1) is 23.6 Å². The van der Waals surface area contributed by atoms with Gasteiger partial charge >= 0.3 is 6.09 Å². The maximum Gasteiger partial charge on any atom is 0.420 e. The number of nitrogens with zero attached hydrogens (tertiary/aromatic N) is 2. The van der Waals surface area contributed by atoms with Crippen LogP contribution < -0.4 is 14.4 Å². The monoisotopic (exact) mass is 739 g/mol. The van der Waals surface area contributed by atoms with Gasteiger partial charge in [-0.1, -0.05) is 36.7 Å². The molecule has 0 radical (unpaired) electrons. The normalized spacial score (nSPS) is 24.2. The summed E-state index contributed by atoms with van der Waals surface area (Å²) in [5, 5.41) is 0.0483. The average molecular weight is 740 g/mol. The fourth-order valence-corrected chi connectivity index (χ4v) is 9.76. The smallest absolute Gasteiger partial charge is 0.420 e. The molecule has 3 aliphatic rings. The zero-order chi connectivity index (χ0) is 37.1. The molecule has 2 aliphatic carbocycles. The number of aryl methyl sites for hydroxylation is 1. The highest BCUT2D eigenvalue weighted by atomic mass is 35.5. The van der Waals surface area contributed by atoms with Crippen molar-refractivity contribution in [3.05, 3.63) is 83.4 Å². The summed E-state index contributed by atoms with van der Waals surface area (Å²) in [5.41, 5.74) is 2.42. The highest BCUT2D eigenvalue weighted by Gasteiger charge is 2.44. The van der Waals surface area contributed by atoms with Gasteiger partial charge in [-0.05, 0) is 125 Å². The number of hydrogen-bond donors (Lipinski definition) is 1. The highest BCUT2D eigenvalue weighted by Crippen LogP contribution is 2.47. The maximum atomic E-state index is 14.5. The van der Waals surface area contributed by atoms with E-state index < -0.39 is 32.8 Å². The number of allylic oxidation sites excluding steroid dienone is 1. The summed E-state index contributed by atoms with van der Waals surface area (Å²) in [6, 6.07) is 11.5. The molecule has 1 saturated carbocycles. The van der Waals surface area contributed by atoms with Crippen LogP contribution in [0.25, 0.3) is 0 Å². The van der Waals surface area contributed by atoms with E-state index in [2.05, 4.69) is 39.3 Å². The van der Waals surface area contributed by atoms with Gasteiger partial charge in [0.15, 0.2) is 0 Å². The van der Waals surface area contributed by atoms with Gasteiger partial charge in [-0.2, -0.15) is 0 Å². The molecule has 0 saturated heterocycles. The number of carbonyl (C=O) groups is 2. The molecule has 2 aromatic rings. The molecule has 1 heterocycles. The minimum absolute atomic E-state index is 0.0410. The highest BCUT2D eigenvalue weighted by molar-refractivity contribution is 7.93. The number of methoxy groups -OCH3 is 1. The minimum Gasteiger partial charge on any atom is -0.490 e. The fourth-order valence-electron chi connectivity index (χ4n) is 7.79. The number of ether oxygens (including phenoxy) is 3. The molecule has 2 amide bonds. The van der Waals surface area contributed by atoms with E-state index in [1.807, 2.05) is 25.1 Å². The van der Waals surface area contributed by atoms with Crippen LogP contribution in [0.2, 0.25) is 5.02 Å². The second-order valence-corrected chi connectivity index (χ2v) is 18.2. The maximum absolute atomic E-state index is 14.5. The largest absolute Gasteiger partial charge is 0.490 e. The van der Waals surface area contributed by atoms with Gasteiger partial charge in [0.2, 0.25) is 0 Å². The molecular formula is C40H54ClN3O6S. The molecule has 9 nitrogen and oxygen atoms in total. The van der Waals surface area contributed by atoms with E-state index in [4.69, 9.17) is 25.8 Å². The summed E-state index contributed by atoms with van der Waals surface area (Å²) in [6.07, 6.45) is 8.23. The Balaban J connectivity index is 1.55. The second-order valence-electron chi connectivity index (χ2n) is 15.5. The Labute approximate surface area is 309 Å². The van der Waals surface area contributed by atoms with Gasteiger partial charge in [-0.25, -0.2) is 13.7 Å². The number of carbonyl (C=O) groups excluding carboxylic acids is 2. The standard InChI is InChI=1S/C40H54ClN3O6S/c1-9-12-26(3)27(4)51(47,43-38(46)50-39(5,6)7)42-37(45)29-15-19-36-34(22-29)44(23-30-14-17-32(30)35(10-2)48-8)24-40(25-49-36)20-11-13-28-21-31(41)16-18-33(28)40/h9-10,15-16,18-19,21-22,26-27,30,32,35H,1-2,11-14,17,20,23-25H2,3-8H3,(H,42,43,45,46,47). The number of amides is 2. The number of halogens is 1. The van der Waals surface area contributed by atoms with Crippen LogP contribution >= 0.6 is 11.6 Å². The van der Waals surface area contributed by atoms with E-state index in [1.165, 1.54) is 11.1 Å². The van der Waals surface area contributed by atoms with Crippen molar-refractivity contribution in [3.8, 4) is 5.75 Å². The lowest BCUT2D eigenvalue weighted by atomic mass is 9.68. The first-order chi connectivity index (χ1) is 24.1. The van der Waals surface area contributed by atoms with E-state index in [1.54, 1.807) is 53.0 Å². The Morgan fingerprint density at radius 3 is 2.61 bits per heavy atom. The molecule has 5 rings (SSSR count). The van der Waals surface area contributed by atoms with E-state index in [0.29, 0.717) is 37.2 Å². The van der Waals surface area contributed by atoms with Gasteiger partial charge in [-0.3, -0.25) is 4.79 Å². The molecule has 0 bridgehead atoms. The lowest BCUT2D eigenvalue weighted by Gasteiger charge is -2.46. The number of nitrogens with one attached hydrogen (secondary N) is 1. The van der Waals surface area contributed by atoms with Crippen molar-refractivity contribution in [3.63, 3.8) is 0 Å². The Bertz CT molecular complexity index is 1760. The number of hydrogen-bond acceptors (Lipinski definition) is 7. The summed E-state index contributed by atoms with van der Waals surface area (Å²) in [4.78, 5) is 29.3. The van der Waals surface area contributed by atoms with Crippen molar-refractivity contribution in [2.24, 2.45) is 22.1 Å². The lowest BCUT2D eigenvalue weighted by Crippen LogP contribution is -2.49. The summed E-state index contributed by atoms with van der Waals surface area (Å²) in [6.45, 7) is 18.5. The van der Waals surface area contributed by atoms with Crippen molar-refractivity contribution in [2.75, 3.05) is 31.7 Å². The molecule has 1 aliphatic heterocycles. The van der Waals surface area contributed by atoms with Crippen LogP contribution in [0.4, 0.5) is 10.5 Å². The quantitative estimate of drug-likeness (QED) is 0.230. The van der Waals surface area contributed by atoms with Crippen molar-refractivity contribution in [1.82, 2.24) is 4.72 Å². The summed E-state index contributed by atoms with van der Waals surface area (Å²) in [7, 11) is -1.89. The molecule has 7 unspecified atom stereocenters. The molecule has 278 valence electrons. The molecule has 2 aromatic carbocycles. The van der Waals surface area contributed by atoms with Crippen LogP contribution in [0.1, 0.15) is 88.2 Å². The Kier molecular flexibility index (Phi) is 12.0. The van der Waals surface area contributed by atoms with Gasteiger partial charge < -0.3 is 19.1 Å². The molecule has 51 heavy (non-hydrogen) atoms. The van der Waals surface area contributed by atoms with E-state index in [9.17, 15) is 13.8 Å². The predicted molar refractivity (Wildman–Crippen MR) is 205 cm³/mol. The van der Waals surface area contributed by atoms with Crippen molar-refractivity contribution < 1.29 is 28.0 Å². The summed E-state index contributed by atoms with van der Waals surface area (Å²) < 4.78 is 39.1. The van der Waals surface area contributed by atoms with Gasteiger partial charge in [0.25, 0.3) is 5.91 Å². The van der Waals surface area contributed by atoms with E-state index in [-0.39, 0.29) is 23.0 Å². The second kappa shape index (κ2) is 15.7. The van der Waals surface area contributed by atoms with Gasteiger partial charge in [0.1, 0.15) is 21.3 Å². The molecule has 1 fully saturated rings. The summed E-state index contributed by atoms with van der Waals surface area (Å²) in [5.74, 6) is 0.464. The Morgan fingerprint density at radius 2 is 1.96 bits per heavy atom. The zero-order valence-corrected chi connectivity index (χ0v) is 32.5. The van der Waals surface area contributed by atoms with Crippen LogP contribution in [0, 0.1) is 17.8 Å². The van der Waals surface area contributed by atoms with Crippen LogP contribution in [0.5, 0.6) is 5.75 Å². The van der Waals surface area contributed by atoms with Crippen molar-refractivity contribution in [2.45, 2.75) is 95.5 Å². The minimum atomic E-state index is -3.62. The molecule has 1 spiro atoms. The van der Waals surface area contributed by atoms with Crippen LogP contribution in [0.3, 0.4) is 0 Å². The third-order valence-electron chi connectivity index (χ3n) is 10.8. The SMILES string of the molecule is C=CCC(C)C(C)S(=O)(=NC(=O)c1ccc2c(c1)N(CC1CCC1C(C=C)OC)CC1(CCCc3cc(Cl)ccc31)CO2)NC(=O)OC(C)(C)C. The Morgan fingerprint density at radius 1 is 1.20 bits per heavy atom. The van der Waals surface area contributed by atoms with Crippen LogP contribution in [-0.4, -0.2) is 60.0 Å². The third kappa shape index (κ3) is 8.66. The van der Waals surface area contributed by atoms with E-state index in [0.717, 1.165) is 49.4 Å². The van der Waals surface area contributed by atoms with Crippen LogP contribution in [0.15, 0.2) is 66.1 Å². The molecule has 11 heteroatoms. The Hall–Kier alpha value is -3.34. The molecule has 1 N–H and O–H groups in total.